The topological polar surface area (TPSA) is 177 Å². The van der Waals surface area contributed by atoms with Gasteiger partial charge in [0.15, 0.2) is 0 Å². The maximum absolute atomic E-state index is 12.2. The van der Waals surface area contributed by atoms with E-state index in [9.17, 15) is 30.0 Å². The molecule has 1 rings (SSSR count). The van der Waals surface area contributed by atoms with Crippen molar-refractivity contribution in [1.82, 2.24) is 5.32 Å². The number of carboxylic acid groups (broad SMARTS) is 1. The lowest BCUT2D eigenvalue weighted by Gasteiger charge is -2.44. The fourth-order valence-electron chi connectivity index (χ4n) is 3.40. The number of amides is 1. The third-order valence-electron chi connectivity index (χ3n) is 5.17. The Hall–Kier alpha value is -1.30. The van der Waals surface area contributed by atoms with Gasteiger partial charge in [0.2, 0.25) is 5.91 Å². The maximum Gasteiger partial charge on any atom is 0.364 e. The number of nitrogens with one attached hydrogen (secondary N) is 1. The lowest BCUT2D eigenvalue weighted by molar-refractivity contribution is -0.295. The van der Waals surface area contributed by atoms with Gasteiger partial charge in [-0.2, -0.15) is 0 Å². The summed E-state index contributed by atoms with van der Waals surface area (Å²) in [6.07, 6.45) is -0.187. The van der Waals surface area contributed by atoms with Gasteiger partial charge in [-0.3, -0.25) is 4.79 Å². The van der Waals surface area contributed by atoms with Crippen molar-refractivity contribution in [3.05, 3.63) is 0 Å². The molecule has 0 radical (unpaired) electrons. The lowest BCUT2D eigenvalue weighted by Crippen LogP contribution is -2.67. The third-order valence-corrected chi connectivity index (χ3v) is 5.17. The van der Waals surface area contributed by atoms with Crippen molar-refractivity contribution in [3.63, 3.8) is 0 Å². The van der Waals surface area contributed by atoms with Gasteiger partial charge >= 0.3 is 5.97 Å². The van der Waals surface area contributed by atoms with Crippen molar-refractivity contribution < 1.29 is 45.0 Å². The van der Waals surface area contributed by atoms with Crippen molar-refractivity contribution in [1.29, 1.82) is 0 Å². The molecule has 1 aliphatic rings. The zero-order chi connectivity index (χ0) is 22.0. The summed E-state index contributed by atoms with van der Waals surface area (Å²) < 4.78 is 5.04. The zero-order valence-electron chi connectivity index (χ0n) is 16.9. The first kappa shape index (κ1) is 25.7. The highest BCUT2D eigenvalue weighted by molar-refractivity contribution is 5.77. The minimum absolute atomic E-state index is 0.172. The molecule has 0 spiro atoms. The van der Waals surface area contributed by atoms with Crippen molar-refractivity contribution in [3.8, 4) is 0 Å². The number of unbranched alkanes of at least 4 members (excludes halogenated alkanes) is 6. The van der Waals surface area contributed by atoms with Gasteiger partial charge in [0, 0.05) is 12.8 Å². The van der Waals surface area contributed by atoms with Crippen LogP contribution in [0.2, 0.25) is 0 Å². The average Bonchev–Trinajstić information content (AvgIpc) is 2.67. The number of rotatable bonds is 13. The second-order valence-corrected chi connectivity index (χ2v) is 7.65. The smallest absolute Gasteiger partial charge is 0.364 e. The standard InChI is InChI=1S/C19H35NO9/c1-2-3-4-5-6-7-8-9-14(24)20-15-12(22)10-19(28,18(26)27)29-17(15)16(25)13(23)11-21/h12-13,15-17,21-23,25,28H,2-11H2,1H3,(H,20,24)(H,26,27)/t12-,13+,15+,16+,17+,19-/m0/s1. The van der Waals surface area contributed by atoms with Crippen LogP contribution < -0.4 is 5.32 Å². The predicted octanol–water partition coefficient (Wildman–Crippen LogP) is -0.751. The Kier molecular flexibility index (Phi) is 11.0. The van der Waals surface area contributed by atoms with Gasteiger partial charge in [-0.25, -0.2) is 4.79 Å². The molecular formula is C19H35NO9. The molecule has 6 atom stereocenters. The summed E-state index contributed by atoms with van der Waals surface area (Å²) in [5, 5.41) is 60.9. The molecule has 10 nitrogen and oxygen atoms in total. The highest BCUT2D eigenvalue weighted by Crippen LogP contribution is 2.30. The molecule has 29 heavy (non-hydrogen) atoms. The van der Waals surface area contributed by atoms with Gasteiger partial charge in [-0.1, -0.05) is 45.4 Å². The summed E-state index contributed by atoms with van der Waals surface area (Å²) in [7, 11) is 0. The Balaban J connectivity index is 2.67. The van der Waals surface area contributed by atoms with Crippen LogP contribution in [0.3, 0.4) is 0 Å². The van der Waals surface area contributed by atoms with Crippen LogP contribution in [-0.2, 0) is 14.3 Å². The summed E-state index contributed by atoms with van der Waals surface area (Å²) >= 11 is 0. The van der Waals surface area contributed by atoms with Crippen molar-refractivity contribution >= 4 is 11.9 Å². The SMILES string of the molecule is CCCCCCCCCC(=O)N[C@H]1[C@H]([C@H](O)[C@H](O)CO)O[C@](O)(C(=O)O)C[C@@H]1O. The van der Waals surface area contributed by atoms with E-state index in [1.165, 1.54) is 6.42 Å². The Bertz CT molecular complexity index is 518. The van der Waals surface area contributed by atoms with Crippen molar-refractivity contribution in [2.45, 2.75) is 101 Å². The van der Waals surface area contributed by atoms with Crippen molar-refractivity contribution in [2.75, 3.05) is 6.61 Å². The van der Waals surface area contributed by atoms with E-state index < -0.39 is 61.1 Å². The molecular weight excluding hydrogens is 386 g/mol. The van der Waals surface area contributed by atoms with Gasteiger partial charge in [-0.05, 0) is 6.42 Å². The van der Waals surface area contributed by atoms with Crippen LogP contribution in [0.25, 0.3) is 0 Å². The Labute approximate surface area is 170 Å². The quantitative estimate of drug-likeness (QED) is 0.189. The van der Waals surface area contributed by atoms with Crippen LogP contribution in [0.15, 0.2) is 0 Å². The predicted molar refractivity (Wildman–Crippen MR) is 102 cm³/mol. The first-order valence-corrected chi connectivity index (χ1v) is 10.2. The minimum atomic E-state index is -2.79. The van der Waals surface area contributed by atoms with Crippen LogP contribution in [0.5, 0.6) is 0 Å². The van der Waals surface area contributed by atoms with E-state index in [-0.39, 0.29) is 6.42 Å². The van der Waals surface area contributed by atoms with Gasteiger partial charge < -0.3 is 40.7 Å². The molecule has 0 aromatic carbocycles. The molecule has 1 aliphatic heterocycles. The van der Waals surface area contributed by atoms with E-state index in [0.717, 1.165) is 32.1 Å². The van der Waals surface area contributed by atoms with E-state index in [0.29, 0.717) is 6.42 Å². The molecule has 0 aromatic heterocycles. The number of aliphatic carboxylic acids is 1. The number of hydrogen-bond acceptors (Lipinski definition) is 8. The molecule has 1 amide bonds. The number of ether oxygens (including phenoxy) is 1. The molecule has 170 valence electrons. The van der Waals surface area contributed by atoms with Crippen LogP contribution in [0.1, 0.15) is 64.7 Å². The zero-order valence-corrected chi connectivity index (χ0v) is 16.9. The van der Waals surface area contributed by atoms with Gasteiger partial charge in [0.25, 0.3) is 5.79 Å². The van der Waals surface area contributed by atoms with Crippen LogP contribution in [0.4, 0.5) is 0 Å². The summed E-state index contributed by atoms with van der Waals surface area (Å²) in [4.78, 5) is 23.5. The Morgan fingerprint density at radius 1 is 1.14 bits per heavy atom. The fourth-order valence-corrected chi connectivity index (χ4v) is 3.40. The molecule has 0 bridgehead atoms. The molecule has 7 N–H and O–H groups in total. The van der Waals surface area contributed by atoms with E-state index in [2.05, 4.69) is 12.2 Å². The number of carboxylic acids is 1. The van der Waals surface area contributed by atoms with Gasteiger partial charge in [-0.15, -0.1) is 0 Å². The summed E-state index contributed by atoms with van der Waals surface area (Å²) in [5.41, 5.74) is 0. The fraction of sp³-hybridized carbons (Fsp3) is 0.895. The van der Waals surface area contributed by atoms with Gasteiger partial charge in [0.05, 0.1) is 18.8 Å². The summed E-state index contributed by atoms with van der Waals surface area (Å²) in [6, 6.07) is -1.26. The van der Waals surface area contributed by atoms with E-state index >= 15 is 0 Å². The van der Waals surface area contributed by atoms with Crippen LogP contribution in [-0.4, -0.2) is 85.4 Å². The number of hydrogen-bond donors (Lipinski definition) is 7. The third kappa shape index (κ3) is 7.80. The maximum atomic E-state index is 12.2. The second kappa shape index (κ2) is 12.4. The summed E-state index contributed by atoms with van der Waals surface area (Å²) in [5.74, 6) is -5.00. The van der Waals surface area contributed by atoms with E-state index in [1.54, 1.807) is 0 Å². The average molecular weight is 421 g/mol. The second-order valence-electron chi connectivity index (χ2n) is 7.65. The molecule has 0 aromatic rings. The molecule has 1 saturated heterocycles. The van der Waals surface area contributed by atoms with E-state index in [1.807, 2.05) is 0 Å². The number of aliphatic hydroxyl groups excluding tert-OH is 4. The molecule has 0 unspecified atom stereocenters. The number of aliphatic hydroxyl groups is 5. The highest BCUT2D eigenvalue weighted by Gasteiger charge is 2.53. The monoisotopic (exact) mass is 421 g/mol. The molecule has 0 saturated carbocycles. The normalized spacial score (nSPS) is 29.2. The first-order chi connectivity index (χ1) is 13.7. The number of carbonyl (C=O) groups excluding carboxylic acids is 1. The summed E-state index contributed by atoms with van der Waals surface area (Å²) in [6.45, 7) is 1.27. The lowest BCUT2D eigenvalue weighted by atomic mass is 9.88. The largest absolute Gasteiger partial charge is 0.477 e. The molecule has 0 aliphatic carbocycles. The van der Waals surface area contributed by atoms with Gasteiger partial charge in [0.1, 0.15) is 18.3 Å². The Morgan fingerprint density at radius 3 is 2.28 bits per heavy atom. The first-order valence-electron chi connectivity index (χ1n) is 10.2. The highest BCUT2D eigenvalue weighted by atomic mass is 16.7. The van der Waals surface area contributed by atoms with Crippen molar-refractivity contribution in [2.24, 2.45) is 0 Å². The minimum Gasteiger partial charge on any atom is -0.477 e. The van der Waals surface area contributed by atoms with Crippen LogP contribution >= 0.6 is 0 Å². The Morgan fingerprint density at radius 2 is 1.72 bits per heavy atom. The molecule has 1 heterocycles. The molecule has 1 fully saturated rings. The molecule has 10 heteroatoms. The number of carbonyl (C=O) groups is 2. The van der Waals surface area contributed by atoms with E-state index in [4.69, 9.17) is 14.9 Å². The van der Waals surface area contributed by atoms with Crippen LogP contribution in [0, 0.1) is 0 Å².